The first-order valence-corrected chi connectivity index (χ1v) is 10.3. The van der Waals surface area contributed by atoms with Crippen molar-refractivity contribution in [2.24, 2.45) is 5.92 Å². The van der Waals surface area contributed by atoms with E-state index in [1.165, 1.54) is 18.2 Å². The molecule has 2 radical (unpaired) electrons. The maximum absolute atomic E-state index is 14.8. The number of benzene rings is 3. The van der Waals surface area contributed by atoms with E-state index in [-0.39, 0.29) is 29.7 Å². The van der Waals surface area contributed by atoms with Crippen LogP contribution in [0.1, 0.15) is 31.4 Å². The van der Waals surface area contributed by atoms with Gasteiger partial charge in [0.25, 0.3) is 0 Å². The first kappa shape index (κ1) is 21.5. The molecule has 0 aliphatic carbocycles. The van der Waals surface area contributed by atoms with Crippen molar-refractivity contribution in [3.63, 3.8) is 0 Å². The molecular formula is C25H22BF3O2. The molecule has 0 aromatic heterocycles. The van der Waals surface area contributed by atoms with Gasteiger partial charge in [0.05, 0.1) is 6.10 Å². The first-order chi connectivity index (χ1) is 15.0. The van der Waals surface area contributed by atoms with E-state index in [1.807, 2.05) is 6.07 Å². The van der Waals surface area contributed by atoms with Crippen LogP contribution in [0.5, 0.6) is 5.75 Å². The highest BCUT2D eigenvalue weighted by Crippen LogP contribution is 2.35. The highest BCUT2D eigenvalue weighted by Gasteiger charge is 2.23. The molecular weight excluding hydrogens is 400 g/mol. The second kappa shape index (κ2) is 9.19. The maximum Gasteiger partial charge on any atom is 0.201 e. The Morgan fingerprint density at radius 2 is 1.61 bits per heavy atom. The van der Waals surface area contributed by atoms with Crippen LogP contribution in [-0.4, -0.2) is 21.0 Å². The molecule has 0 N–H and O–H groups in total. The van der Waals surface area contributed by atoms with Crippen LogP contribution in [0, 0.1) is 23.4 Å². The predicted octanol–water partition coefficient (Wildman–Crippen LogP) is 6.43. The number of halogens is 3. The molecule has 1 heterocycles. The molecule has 2 nitrogen and oxygen atoms in total. The van der Waals surface area contributed by atoms with Crippen molar-refractivity contribution < 1.29 is 22.6 Å². The van der Waals surface area contributed by atoms with Gasteiger partial charge in [-0.25, -0.2) is 8.78 Å². The summed E-state index contributed by atoms with van der Waals surface area (Å²) in [4.78, 5) is 0. The standard InChI is InChI=1S/C25H22BF3O2/c1-15-2-10-22(30-13-15)20-8-7-18(12-21(20)27)16-3-5-17(6-4-16)19-9-11-23(31-14-26)25(29)24(19)28/h3-9,11-12,15,22H,2,10,13-14H2,1H3. The quantitative estimate of drug-likeness (QED) is 0.441. The molecule has 0 amide bonds. The third-order valence-electron chi connectivity index (χ3n) is 5.67. The van der Waals surface area contributed by atoms with Crippen molar-refractivity contribution in [3.05, 3.63) is 77.6 Å². The third kappa shape index (κ3) is 4.49. The molecule has 0 bridgehead atoms. The molecule has 3 aromatic rings. The lowest BCUT2D eigenvalue weighted by molar-refractivity contribution is -0.0141. The summed E-state index contributed by atoms with van der Waals surface area (Å²) in [5.74, 6) is -2.11. The van der Waals surface area contributed by atoms with Crippen LogP contribution in [0.3, 0.4) is 0 Å². The largest absolute Gasteiger partial charge is 0.500 e. The molecule has 0 saturated carbocycles. The molecule has 2 unspecified atom stereocenters. The highest BCUT2D eigenvalue weighted by molar-refractivity contribution is 6.08. The second-order valence-corrected chi connectivity index (χ2v) is 7.87. The molecule has 2 atom stereocenters. The molecule has 0 spiro atoms. The van der Waals surface area contributed by atoms with Gasteiger partial charge >= 0.3 is 0 Å². The summed E-state index contributed by atoms with van der Waals surface area (Å²) < 4.78 is 54.0. The van der Waals surface area contributed by atoms with Crippen LogP contribution < -0.4 is 4.74 Å². The molecule has 3 aromatic carbocycles. The number of hydrogen-bond acceptors (Lipinski definition) is 2. The van der Waals surface area contributed by atoms with E-state index >= 15 is 0 Å². The normalized spacial score (nSPS) is 18.7. The molecule has 1 saturated heterocycles. The molecule has 6 heteroatoms. The van der Waals surface area contributed by atoms with Crippen LogP contribution in [0.25, 0.3) is 22.3 Å². The zero-order valence-electron chi connectivity index (χ0n) is 17.2. The van der Waals surface area contributed by atoms with Crippen molar-refractivity contribution in [2.45, 2.75) is 25.9 Å². The van der Waals surface area contributed by atoms with E-state index in [2.05, 4.69) is 6.92 Å². The average Bonchev–Trinajstić information content (AvgIpc) is 2.78. The monoisotopic (exact) mass is 422 g/mol. The van der Waals surface area contributed by atoms with E-state index < -0.39 is 11.6 Å². The molecule has 1 fully saturated rings. The lowest BCUT2D eigenvalue weighted by Gasteiger charge is -2.27. The Hall–Kier alpha value is -2.73. The van der Waals surface area contributed by atoms with Gasteiger partial charge in [-0.15, -0.1) is 0 Å². The minimum atomic E-state index is -1.08. The lowest BCUT2D eigenvalue weighted by atomic mass is 9.94. The zero-order valence-corrected chi connectivity index (χ0v) is 17.2. The van der Waals surface area contributed by atoms with Gasteiger partial charge in [-0.05, 0) is 53.6 Å². The van der Waals surface area contributed by atoms with E-state index in [1.54, 1.807) is 30.3 Å². The molecule has 158 valence electrons. The molecule has 31 heavy (non-hydrogen) atoms. The van der Waals surface area contributed by atoms with E-state index in [9.17, 15) is 13.2 Å². The average molecular weight is 422 g/mol. The van der Waals surface area contributed by atoms with Gasteiger partial charge in [-0.1, -0.05) is 43.3 Å². The minimum Gasteiger partial charge on any atom is -0.500 e. The van der Waals surface area contributed by atoms with E-state index in [0.29, 0.717) is 29.2 Å². The van der Waals surface area contributed by atoms with E-state index in [0.717, 1.165) is 18.4 Å². The fraction of sp³-hybridized carbons (Fsp3) is 0.280. The zero-order chi connectivity index (χ0) is 22.0. The van der Waals surface area contributed by atoms with Gasteiger partial charge in [0.1, 0.15) is 13.7 Å². The van der Waals surface area contributed by atoms with Crippen molar-refractivity contribution in [3.8, 4) is 28.0 Å². The number of ether oxygens (including phenoxy) is 2. The Balaban J connectivity index is 1.56. The number of hydrogen-bond donors (Lipinski definition) is 0. The summed E-state index contributed by atoms with van der Waals surface area (Å²) in [6.45, 7) is 2.53. The third-order valence-corrected chi connectivity index (χ3v) is 5.67. The first-order valence-electron chi connectivity index (χ1n) is 10.3. The molecule has 4 rings (SSSR count). The van der Waals surface area contributed by atoms with Crippen LogP contribution in [0.4, 0.5) is 13.2 Å². The Bertz CT molecular complexity index is 1060. The predicted molar refractivity (Wildman–Crippen MR) is 116 cm³/mol. The SMILES string of the molecule is [B]COc1ccc(-c2ccc(-c3ccc(C4CCC(C)CO4)c(F)c3)cc2)c(F)c1F. The summed E-state index contributed by atoms with van der Waals surface area (Å²) in [7, 11) is 5.22. The smallest absolute Gasteiger partial charge is 0.201 e. The van der Waals surface area contributed by atoms with Crippen molar-refractivity contribution in [1.82, 2.24) is 0 Å². The second-order valence-electron chi connectivity index (χ2n) is 7.87. The fourth-order valence-electron chi connectivity index (χ4n) is 3.89. The van der Waals surface area contributed by atoms with Crippen molar-refractivity contribution in [1.29, 1.82) is 0 Å². The highest BCUT2D eigenvalue weighted by atomic mass is 19.2. The summed E-state index contributed by atoms with van der Waals surface area (Å²) in [6.07, 6.45) is 1.62. The fourth-order valence-corrected chi connectivity index (χ4v) is 3.89. The topological polar surface area (TPSA) is 18.5 Å². The Morgan fingerprint density at radius 1 is 0.903 bits per heavy atom. The summed E-state index contributed by atoms with van der Waals surface area (Å²) >= 11 is 0. The number of rotatable bonds is 5. The molecule has 1 aliphatic heterocycles. The van der Waals surface area contributed by atoms with Crippen molar-refractivity contribution in [2.75, 3.05) is 13.1 Å². The van der Waals surface area contributed by atoms with Crippen LogP contribution in [-0.2, 0) is 4.74 Å². The summed E-state index contributed by atoms with van der Waals surface area (Å²) in [5.41, 5.74) is 2.66. The van der Waals surface area contributed by atoms with Gasteiger partial charge < -0.3 is 9.47 Å². The molecule has 1 aliphatic rings. The van der Waals surface area contributed by atoms with Crippen LogP contribution >= 0.6 is 0 Å². The summed E-state index contributed by atoms with van der Waals surface area (Å²) in [5, 5.41) is 0. The van der Waals surface area contributed by atoms with Gasteiger partial charge in [-0.2, -0.15) is 4.39 Å². The van der Waals surface area contributed by atoms with Gasteiger partial charge in [0.2, 0.25) is 5.82 Å². The Kier molecular flexibility index (Phi) is 6.37. The Labute approximate surface area is 181 Å². The minimum absolute atomic E-state index is 0.110. The van der Waals surface area contributed by atoms with Crippen molar-refractivity contribution >= 4 is 7.85 Å². The van der Waals surface area contributed by atoms with Gasteiger partial charge in [-0.3, -0.25) is 0 Å². The lowest BCUT2D eigenvalue weighted by Crippen LogP contribution is -2.19. The van der Waals surface area contributed by atoms with Crippen LogP contribution in [0.15, 0.2) is 54.6 Å². The Morgan fingerprint density at radius 3 is 2.26 bits per heavy atom. The maximum atomic E-state index is 14.8. The van der Waals surface area contributed by atoms with Crippen LogP contribution in [0.2, 0.25) is 0 Å². The van der Waals surface area contributed by atoms with E-state index in [4.69, 9.17) is 17.3 Å². The van der Waals surface area contributed by atoms with Gasteiger partial charge in [0, 0.05) is 24.2 Å². The van der Waals surface area contributed by atoms with Gasteiger partial charge in [0.15, 0.2) is 11.6 Å². The summed E-state index contributed by atoms with van der Waals surface area (Å²) in [6, 6.07) is 14.8.